The van der Waals surface area contributed by atoms with Crippen molar-refractivity contribution in [2.24, 2.45) is 5.73 Å². The van der Waals surface area contributed by atoms with Crippen molar-refractivity contribution < 1.29 is 14.7 Å². The SMILES string of the molecule is CC(=O)n1cc(C(N)CC(=O)O)c2ccccc21. The van der Waals surface area contributed by atoms with Crippen LogP contribution in [-0.4, -0.2) is 21.6 Å². The van der Waals surface area contributed by atoms with Crippen molar-refractivity contribution in [1.82, 2.24) is 4.57 Å². The largest absolute Gasteiger partial charge is 0.481 e. The van der Waals surface area contributed by atoms with E-state index in [1.165, 1.54) is 11.5 Å². The molecule has 1 aromatic carbocycles. The van der Waals surface area contributed by atoms with Crippen molar-refractivity contribution in [3.63, 3.8) is 0 Å². The summed E-state index contributed by atoms with van der Waals surface area (Å²) < 4.78 is 1.49. The summed E-state index contributed by atoms with van der Waals surface area (Å²) in [6.45, 7) is 1.46. The molecule has 0 amide bonds. The van der Waals surface area contributed by atoms with E-state index in [9.17, 15) is 9.59 Å². The second-order valence-corrected chi connectivity index (χ2v) is 4.19. The quantitative estimate of drug-likeness (QED) is 0.864. The van der Waals surface area contributed by atoms with Crippen LogP contribution in [-0.2, 0) is 4.79 Å². The number of nitrogens with zero attached hydrogens (tertiary/aromatic N) is 1. The Hall–Kier alpha value is -2.14. The van der Waals surface area contributed by atoms with Crippen molar-refractivity contribution >= 4 is 22.8 Å². The molecule has 5 nitrogen and oxygen atoms in total. The predicted molar refractivity (Wildman–Crippen MR) is 67.4 cm³/mol. The van der Waals surface area contributed by atoms with E-state index in [1.54, 1.807) is 6.20 Å². The van der Waals surface area contributed by atoms with Crippen LogP contribution in [0.2, 0.25) is 0 Å². The zero-order valence-corrected chi connectivity index (χ0v) is 9.96. The van der Waals surface area contributed by atoms with Gasteiger partial charge in [0.25, 0.3) is 0 Å². The molecule has 0 saturated heterocycles. The Labute approximate surface area is 104 Å². The lowest BCUT2D eigenvalue weighted by Gasteiger charge is -2.06. The molecule has 0 aliphatic rings. The first-order chi connectivity index (χ1) is 8.50. The average Bonchev–Trinajstić information content (AvgIpc) is 2.67. The number of aromatic nitrogens is 1. The van der Waals surface area contributed by atoms with Crippen LogP contribution in [0.1, 0.15) is 29.7 Å². The highest BCUT2D eigenvalue weighted by molar-refractivity contribution is 5.94. The average molecular weight is 246 g/mol. The molecule has 1 atom stereocenters. The first-order valence-electron chi connectivity index (χ1n) is 5.59. The van der Waals surface area contributed by atoms with Gasteiger partial charge in [-0.25, -0.2) is 0 Å². The smallest absolute Gasteiger partial charge is 0.305 e. The van der Waals surface area contributed by atoms with Gasteiger partial charge in [0.1, 0.15) is 0 Å². The van der Waals surface area contributed by atoms with Crippen molar-refractivity contribution in [3.8, 4) is 0 Å². The zero-order valence-electron chi connectivity index (χ0n) is 9.96. The first-order valence-corrected chi connectivity index (χ1v) is 5.59. The van der Waals surface area contributed by atoms with Gasteiger partial charge < -0.3 is 10.8 Å². The van der Waals surface area contributed by atoms with E-state index in [0.717, 1.165) is 10.9 Å². The van der Waals surface area contributed by atoms with E-state index in [2.05, 4.69) is 0 Å². The number of carboxylic acid groups (broad SMARTS) is 1. The molecule has 0 aliphatic heterocycles. The fourth-order valence-electron chi connectivity index (χ4n) is 2.06. The normalized spacial score (nSPS) is 12.6. The molecule has 0 bridgehead atoms. The van der Waals surface area contributed by atoms with Crippen LogP contribution in [0.15, 0.2) is 30.5 Å². The summed E-state index contributed by atoms with van der Waals surface area (Å²) in [6, 6.07) is 6.70. The van der Waals surface area contributed by atoms with Gasteiger partial charge in [0.15, 0.2) is 0 Å². The van der Waals surface area contributed by atoms with Crippen molar-refractivity contribution in [1.29, 1.82) is 0 Å². The number of carbonyl (C=O) groups excluding carboxylic acids is 1. The summed E-state index contributed by atoms with van der Waals surface area (Å²) in [5.74, 6) is -1.08. The number of hydrogen-bond acceptors (Lipinski definition) is 3. The molecular weight excluding hydrogens is 232 g/mol. The number of nitrogens with two attached hydrogens (primary N) is 1. The molecule has 5 heteroatoms. The standard InChI is InChI=1S/C13H14N2O3/c1-8(16)15-7-10(11(14)6-13(17)18)9-4-2-3-5-12(9)15/h2-5,7,11H,6,14H2,1H3,(H,17,18). The topological polar surface area (TPSA) is 85.3 Å². The van der Waals surface area contributed by atoms with Crippen molar-refractivity contribution in [3.05, 3.63) is 36.0 Å². The highest BCUT2D eigenvalue weighted by Crippen LogP contribution is 2.26. The minimum atomic E-state index is -0.956. The third-order valence-corrected chi connectivity index (χ3v) is 2.88. The lowest BCUT2D eigenvalue weighted by Crippen LogP contribution is -2.14. The van der Waals surface area contributed by atoms with Crippen LogP contribution in [0.25, 0.3) is 10.9 Å². The number of benzene rings is 1. The highest BCUT2D eigenvalue weighted by Gasteiger charge is 2.17. The van der Waals surface area contributed by atoms with E-state index < -0.39 is 12.0 Å². The number of fused-ring (bicyclic) bond motifs is 1. The second-order valence-electron chi connectivity index (χ2n) is 4.19. The van der Waals surface area contributed by atoms with Gasteiger partial charge >= 0.3 is 5.97 Å². The molecule has 1 unspecified atom stereocenters. The van der Waals surface area contributed by atoms with Gasteiger partial charge in [0.05, 0.1) is 11.9 Å². The molecule has 0 fully saturated rings. The summed E-state index contributed by atoms with van der Waals surface area (Å²) in [7, 11) is 0. The molecule has 2 rings (SSSR count). The van der Waals surface area contributed by atoms with Gasteiger partial charge in [-0.2, -0.15) is 0 Å². The Kier molecular flexibility index (Phi) is 3.16. The molecular formula is C13H14N2O3. The molecule has 0 spiro atoms. The van der Waals surface area contributed by atoms with E-state index in [0.29, 0.717) is 5.56 Å². The number of aliphatic carboxylic acids is 1. The molecule has 1 aromatic heterocycles. The Balaban J connectivity index is 2.57. The number of rotatable bonds is 3. The second kappa shape index (κ2) is 4.62. The van der Waals surface area contributed by atoms with Gasteiger partial charge in [-0.1, -0.05) is 18.2 Å². The van der Waals surface area contributed by atoms with E-state index >= 15 is 0 Å². The summed E-state index contributed by atoms with van der Waals surface area (Å²) in [5, 5.41) is 9.60. The number of carbonyl (C=O) groups is 2. The van der Waals surface area contributed by atoms with Crippen LogP contribution >= 0.6 is 0 Å². The molecule has 0 radical (unpaired) electrons. The summed E-state index contributed by atoms with van der Waals surface area (Å²) >= 11 is 0. The van der Waals surface area contributed by atoms with Crippen LogP contribution in [0.4, 0.5) is 0 Å². The van der Waals surface area contributed by atoms with Gasteiger partial charge in [0, 0.05) is 24.5 Å². The van der Waals surface area contributed by atoms with E-state index in [-0.39, 0.29) is 12.3 Å². The van der Waals surface area contributed by atoms with Gasteiger partial charge in [0.2, 0.25) is 5.91 Å². The van der Waals surface area contributed by atoms with Gasteiger partial charge in [-0.3, -0.25) is 14.2 Å². The van der Waals surface area contributed by atoms with Gasteiger partial charge in [-0.05, 0) is 11.6 Å². The first kappa shape index (κ1) is 12.3. The Morgan fingerprint density at radius 1 is 1.39 bits per heavy atom. The fourth-order valence-corrected chi connectivity index (χ4v) is 2.06. The van der Waals surface area contributed by atoms with Crippen molar-refractivity contribution in [2.45, 2.75) is 19.4 Å². The molecule has 0 saturated carbocycles. The molecule has 3 N–H and O–H groups in total. The molecule has 94 valence electrons. The van der Waals surface area contributed by atoms with Crippen molar-refractivity contribution in [2.75, 3.05) is 0 Å². The van der Waals surface area contributed by atoms with Crippen LogP contribution in [0, 0.1) is 0 Å². The predicted octanol–water partition coefficient (Wildman–Crippen LogP) is 1.78. The fraction of sp³-hybridized carbons (Fsp3) is 0.231. The third kappa shape index (κ3) is 2.12. The van der Waals surface area contributed by atoms with Crippen LogP contribution in [0.3, 0.4) is 0 Å². The zero-order chi connectivity index (χ0) is 13.3. The number of carboxylic acids is 1. The maximum absolute atomic E-state index is 11.5. The van der Waals surface area contributed by atoms with E-state index in [4.69, 9.17) is 10.8 Å². The molecule has 2 aromatic rings. The highest BCUT2D eigenvalue weighted by atomic mass is 16.4. The van der Waals surface area contributed by atoms with Crippen LogP contribution < -0.4 is 5.73 Å². The number of hydrogen-bond donors (Lipinski definition) is 2. The summed E-state index contributed by atoms with van der Waals surface area (Å²) in [4.78, 5) is 22.2. The monoisotopic (exact) mass is 246 g/mol. The van der Waals surface area contributed by atoms with Crippen LogP contribution in [0.5, 0.6) is 0 Å². The van der Waals surface area contributed by atoms with E-state index in [1.807, 2.05) is 24.3 Å². The summed E-state index contributed by atoms with van der Waals surface area (Å²) in [5.41, 5.74) is 7.30. The minimum absolute atomic E-state index is 0.125. The molecule has 1 heterocycles. The Morgan fingerprint density at radius 3 is 2.67 bits per heavy atom. The maximum Gasteiger partial charge on any atom is 0.305 e. The minimum Gasteiger partial charge on any atom is -0.481 e. The third-order valence-electron chi connectivity index (χ3n) is 2.88. The number of para-hydroxylation sites is 1. The lowest BCUT2D eigenvalue weighted by molar-refractivity contribution is -0.137. The Bertz CT molecular complexity index is 616. The maximum atomic E-state index is 11.5. The van der Waals surface area contributed by atoms with Gasteiger partial charge in [-0.15, -0.1) is 0 Å². The Morgan fingerprint density at radius 2 is 2.06 bits per heavy atom. The molecule has 0 aliphatic carbocycles. The summed E-state index contributed by atoms with van der Waals surface area (Å²) in [6.07, 6.45) is 1.46. The lowest BCUT2D eigenvalue weighted by atomic mass is 10.0. The molecule has 18 heavy (non-hydrogen) atoms.